The van der Waals surface area contributed by atoms with Crippen LogP contribution >= 0.6 is 27.3 Å². The molecule has 0 aliphatic carbocycles. The summed E-state index contributed by atoms with van der Waals surface area (Å²) < 4.78 is 11.9. The number of nitrogens with zero attached hydrogens (tertiary/aromatic N) is 1. The zero-order valence-electron chi connectivity index (χ0n) is 15.7. The number of hydrogen-bond donors (Lipinski definition) is 1. The van der Waals surface area contributed by atoms with Gasteiger partial charge in [-0.15, -0.1) is 11.3 Å². The molecule has 0 spiro atoms. The highest BCUT2D eigenvalue weighted by Crippen LogP contribution is 2.32. The zero-order valence-corrected chi connectivity index (χ0v) is 18.1. The SMILES string of the molecule is CCOc1ccc(OCC(=O)Nc2nc(-c3ccc(Br)cc3)c(CC)s2)cc1. The molecule has 146 valence electrons. The van der Waals surface area contributed by atoms with Gasteiger partial charge in [-0.25, -0.2) is 4.98 Å². The van der Waals surface area contributed by atoms with Gasteiger partial charge in [0.2, 0.25) is 0 Å². The fourth-order valence-electron chi connectivity index (χ4n) is 2.58. The zero-order chi connectivity index (χ0) is 19.9. The largest absolute Gasteiger partial charge is 0.494 e. The molecule has 0 bridgehead atoms. The molecule has 2 aromatic carbocycles. The molecular weight excluding hydrogens is 440 g/mol. The number of amides is 1. The monoisotopic (exact) mass is 460 g/mol. The van der Waals surface area contributed by atoms with Crippen LogP contribution in [-0.4, -0.2) is 24.1 Å². The van der Waals surface area contributed by atoms with Gasteiger partial charge >= 0.3 is 0 Å². The molecule has 0 unspecified atom stereocenters. The van der Waals surface area contributed by atoms with Crippen LogP contribution in [0, 0.1) is 0 Å². The van der Waals surface area contributed by atoms with Crippen LogP contribution in [-0.2, 0) is 11.2 Å². The molecule has 0 fully saturated rings. The quantitative estimate of drug-likeness (QED) is 0.478. The van der Waals surface area contributed by atoms with E-state index in [1.807, 2.05) is 43.3 Å². The van der Waals surface area contributed by atoms with Gasteiger partial charge in [0.15, 0.2) is 11.7 Å². The standard InChI is InChI=1S/C21H21BrN2O3S/c1-3-18-20(14-5-7-15(22)8-6-14)24-21(28-18)23-19(25)13-27-17-11-9-16(10-12-17)26-4-2/h5-12H,3-4,13H2,1-2H3,(H,23,24,25). The van der Waals surface area contributed by atoms with Crippen molar-refractivity contribution >= 4 is 38.3 Å². The van der Waals surface area contributed by atoms with Gasteiger partial charge in [-0.1, -0.05) is 35.0 Å². The summed E-state index contributed by atoms with van der Waals surface area (Å²) in [6.07, 6.45) is 0.849. The van der Waals surface area contributed by atoms with Crippen LogP contribution in [0.15, 0.2) is 53.0 Å². The molecule has 3 rings (SSSR count). The Balaban J connectivity index is 1.61. The summed E-state index contributed by atoms with van der Waals surface area (Å²) in [6.45, 7) is 4.54. The molecule has 0 atom stereocenters. The van der Waals surface area contributed by atoms with E-state index >= 15 is 0 Å². The smallest absolute Gasteiger partial charge is 0.264 e. The molecule has 1 N–H and O–H groups in total. The maximum Gasteiger partial charge on any atom is 0.264 e. The highest BCUT2D eigenvalue weighted by molar-refractivity contribution is 9.10. The lowest BCUT2D eigenvalue weighted by Crippen LogP contribution is -2.20. The second-order valence-electron chi connectivity index (χ2n) is 5.89. The molecule has 0 saturated carbocycles. The van der Waals surface area contributed by atoms with Gasteiger partial charge in [0.25, 0.3) is 5.91 Å². The van der Waals surface area contributed by atoms with E-state index in [0.717, 1.165) is 32.8 Å². The summed E-state index contributed by atoms with van der Waals surface area (Å²) in [7, 11) is 0. The molecule has 0 radical (unpaired) electrons. The Bertz CT molecular complexity index is 924. The fourth-order valence-corrected chi connectivity index (χ4v) is 3.79. The Hall–Kier alpha value is -2.38. The Morgan fingerprint density at radius 1 is 1.04 bits per heavy atom. The Labute approximate surface area is 176 Å². The maximum absolute atomic E-state index is 12.2. The number of anilines is 1. The van der Waals surface area contributed by atoms with E-state index in [2.05, 4.69) is 33.2 Å². The molecule has 28 heavy (non-hydrogen) atoms. The number of aromatic nitrogens is 1. The predicted molar refractivity (Wildman–Crippen MR) is 116 cm³/mol. The van der Waals surface area contributed by atoms with E-state index in [0.29, 0.717) is 17.5 Å². The number of aryl methyl sites for hydroxylation is 1. The van der Waals surface area contributed by atoms with Crippen molar-refractivity contribution in [3.05, 3.63) is 57.9 Å². The van der Waals surface area contributed by atoms with Crippen molar-refractivity contribution in [2.45, 2.75) is 20.3 Å². The second kappa shape index (κ2) is 9.71. The lowest BCUT2D eigenvalue weighted by atomic mass is 10.1. The summed E-state index contributed by atoms with van der Waals surface area (Å²) in [5.74, 6) is 1.14. The topological polar surface area (TPSA) is 60.5 Å². The van der Waals surface area contributed by atoms with Crippen molar-refractivity contribution in [3.8, 4) is 22.8 Å². The first kappa shape index (κ1) is 20.4. The molecule has 1 amide bonds. The molecule has 0 aliphatic rings. The first-order valence-electron chi connectivity index (χ1n) is 9.00. The summed E-state index contributed by atoms with van der Waals surface area (Å²) in [5.41, 5.74) is 1.94. The molecule has 5 nitrogen and oxygen atoms in total. The second-order valence-corrected chi connectivity index (χ2v) is 7.89. The van der Waals surface area contributed by atoms with Crippen molar-refractivity contribution in [1.29, 1.82) is 0 Å². The lowest BCUT2D eigenvalue weighted by Gasteiger charge is -2.07. The van der Waals surface area contributed by atoms with Crippen LogP contribution in [0.3, 0.4) is 0 Å². The molecule has 1 heterocycles. The van der Waals surface area contributed by atoms with Gasteiger partial charge in [0, 0.05) is 14.9 Å². The Morgan fingerprint density at radius 3 is 2.29 bits per heavy atom. The summed E-state index contributed by atoms with van der Waals surface area (Å²) in [5, 5.41) is 3.41. The van der Waals surface area contributed by atoms with E-state index in [-0.39, 0.29) is 12.5 Å². The van der Waals surface area contributed by atoms with Gasteiger partial charge in [-0.3, -0.25) is 10.1 Å². The van der Waals surface area contributed by atoms with Crippen LogP contribution in [0.4, 0.5) is 5.13 Å². The number of carbonyl (C=O) groups is 1. The average Bonchev–Trinajstić information content (AvgIpc) is 3.11. The van der Waals surface area contributed by atoms with Gasteiger partial charge in [0.1, 0.15) is 11.5 Å². The molecule has 1 aromatic heterocycles. The van der Waals surface area contributed by atoms with Gasteiger partial charge in [-0.05, 0) is 49.7 Å². The number of carbonyl (C=O) groups excluding carboxylic acids is 1. The third-order valence-electron chi connectivity index (χ3n) is 3.89. The van der Waals surface area contributed by atoms with E-state index in [4.69, 9.17) is 9.47 Å². The fraction of sp³-hybridized carbons (Fsp3) is 0.238. The minimum Gasteiger partial charge on any atom is -0.494 e. The van der Waals surface area contributed by atoms with E-state index < -0.39 is 0 Å². The Morgan fingerprint density at radius 2 is 1.68 bits per heavy atom. The third kappa shape index (κ3) is 5.33. The van der Waals surface area contributed by atoms with Crippen molar-refractivity contribution in [1.82, 2.24) is 4.98 Å². The predicted octanol–water partition coefficient (Wildman–Crippen LogP) is 5.55. The van der Waals surface area contributed by atoms with Crippen LogP contribution in [0.2, 0.25) is 0 Å². The number of hydrogen-bond acceptors (Lipinski definition) is 5. The molecule has 0 aliphatic heterocycles. The van der Waals surface area contributed by atoms with E-state index in [1.165, 1.54) is 11.3 Å². The average molecular weight is 461 g/mol. The minimum absolute atomic E-state index is 0.0807. The number of ether oxygens (including phenoxy) is 2. The lowest BCUT2D eigenvalue weighted by molar-refractivity contribution is -0.118. The van der Waals surface area contributed by atoms with Gasteiger partial charge < -0.3 is 9.47 Å². The number of halogens is 1. The number of thiazole rings is 1. The highest BCUT2D eigenvalue weighted by atomic mass is 79.9. The van der Waals surface area contributed by atoms with Crippen molar-refractivity contribution < 1.29 is 14.3 Å². The summed E-state index contributed by atoms with van der Waals surface area (Å²) in [6, 6.07) is 15.2. The number of nitrogens with one attached hydrogen (secondary N) is 1. The van der Waals surface area contributed by atoms with Crippen molar-refractivity contribution in [2.24, 2.45) is 0 Å². The van der Waals surface area contributed by atoms with Crippen molar-refractivity contribution in [3.63, 3.8) is 0 Å². The normalized spacial score (nSPS) is 10.5. The summed E-state index contributed by atoms with van der Waals surface area (Å²) >= 11 is 4.93. The maximum atomic E-state index is 12.2. The van der Waals surface area contributed by atoms with Crippen molar-refractivity contribution in [2.75, 3.05) is 18.5 Å². The summed E-state index contributed by atoms with van der Waals surface area (Å²) in [4.78, 5) is 18.0. The first-order chi connectivity index (χ1) is 13.6. The number of benzene rings is 2. The van der Waals surface area contributed by atoms with Crippen LogP contribution in [0.25, 0.3) is 11.3 Å². The third-order valence-corrected chi connectivity index (χ3v) is 5.53. The van der Waals surface area contributed by atoms with Gasteiger partial charge in [0.05, 0.1) is 12.3 Å². The highest BCUT2D eigenvalue weighted by Gasteiger charge is 2.14. The van der Waals surface area contributed by atoms with E-state index in [1.54, 1.807) is 12.1 Å². The number of rotatable bonds is 8. The van der Waals surface area contributed by atoms with E-state index in [9.17, 15) is 4.79 Å². The molecule has 7 heteroatoms. The molecule has 3 aromatic rings. The van der Waals surface area contributed by atoms with Gasteiger partial charge in [-0.2, -0.15) is 0 Å². The van der Waals surface area contributed by atoms with Crippen LogP contribution in [0.5, 0.6) is 11.5 Å². The minimum atomic E-state index is -0.243. The molecular formula is C21H21BrN2O3S. The molecule has 0 saturated heterocycles. The van der Waals surface area contributed by atoms with Crippen LogP contribution in [0.1, 0.15) is 18.7 Å². The first-order valence-corrected chi connectivity index (χ1v) is 10.6. The Kier molecular flexibility index (Phi) is 7.06. The van der Waals surface area contributed by atoms with Crippen LogP contribution < -0.4 is 14.8 Å².